The van der Waals surface area contributed by atoms with Crippen LogP contribution in [0.3, 0.4) is 0 Å². The number of benzene rings is 2. The van der Waals surface area contributed by atoms with Crippen molar-refractivity contribution in [1.82, 2.24) is 0 Å². The molecule has 0 radical (unpaired) electrons. The highest BCUT2D eigenvalue weighted by Crippen LogP contribution is 2.26. The molecule has 6 nitrogen and oxygen atoms in total. The molecule has 2 N–H and O–H groups in total. The summed E-state index contributed by atoms with van der Waals surface area (Å²) in [4.78, 5) is 21.7. The van der Waals surface area contributed by atoms with Gasteiger partial charge in [-0.2, -0.15) is 0 Å². The van der Waals surface area contributed by atoms with Crippen LogP contribution < -0.4 is 0 Å². The molecule has 1 atom stereocenters. The van der Waals surface area contributed by atoms with E-state index in [1.165, 1.54) is 18.2 Å². The van der Waals surface area contributed by atoms with Gasteiger partial charge in [0.25, 0.3) is 5.69 Å². The van der Waals surface area contributed by atoms with Crippen molar-refractivity contribution in [2.75, 3.05) is 6.61 Å². The van der Waals surface area contributed by atoms with Gasteiger partial charge in [0.05, 0.1) is 10.5 Å². The van der Waals surface area contributed by atoms with Gasteiger partial charge in [-0.15, -0.1) is 0 Å². The van der Waals surface area contributed by atoms with Crippen molar-refractivity contribution >= 4 is 17.7 Å². The van der Waals surface area contributed by atoms with E-state index in [-0.39, 0.29) is 23.8 Å². The average Bonchev–Trinajstić information content (AvgIpc) is 2.58. The fraction of sp³-hybridized carbons (Fsp3) is 0.167. The highest BCUT2D eigenvalue weighted by atomic mass is 16.6. The summed E-state index contributed by atoms with van der Waals surface area (Å²) in [6, 6.07) is 12.8. The van der Waals surface area contributed by atoms with E-state index in [1.54, 1.807) is 42.5 Å². The summed E-state index contributed by atoms with van der Waals surface area (Å²) < 4.78 is 0. The number of nitro groups is 1. The van der Waals surface area contributed by atoms with E-state index >= 15 is 0 Å². The van der Waals surface area contributed by atoms with E-state index in [4.69, 9.17) is 0 Å². The lowest BCUT2D eigenvalue weighted by Crippen LogP contribution is -2.07. The topological polar surface area (TPSA) is 101 Å². The van der Waals surface area contributed by atoms with Gasteiger partial charge in [0.2, 0.25) is 0 Å². The Labute approximate surface area is 138 Å². The lowest BCUT2D eigenvalue weighted by Gasteiger charge is -2.14. The Kier molecular flexibility index (Phi) is 5.81. The molecule has 6 heteroatoms. The first kappa shape index (κ1) is 17.4. The van der Waals surface area contributed by atoms with E-state index in [2.05, 4.69) is 0 Å². The van der Waals surface area contributed by atoms with Gasteiger partial charge in [0.1, 0.15) is 0 Å². The smallest absolute Gasteiger partial charge is 0.335 e. The summed E-state index contributed by atoms with van der Waals surface area (Å²) in [6.45, 7) is -0.0993. The molecule has 2 rings (SSSR count). The van der Waals surface area contributed by atoms with Crippen LogP contribution in [0.25, 0.3) is 6.08 Å². The first-order valence-electron chi connectivity index (χ1n) is 7.38. The summed E-state index contributed by atoms with van der Waals surface area (Å²) in [5.41, 5.74) is 1.40. The summed E-state index contributed by atoms with van der Waals surface area (Å²) in [5, 5.41) is 29.4. The predicted molar refractivity (Wildman–Crippen MR) is 90.0 cm³/mol. The molecule has 0 aliphatic rings. The van der Waals surface area contributed by atoms with E-state index in [0.29, 0.717) is 17.5 Å². The number of non-ortho nitro benzene ring substituents is 1. The van der Waals surface area contributed by atoms with Crippen LogP contribution in [0.15, 0.2) is 54.6 Å². The van der Waals surface area contributed by atoms with Crippen molar-refractivity contribution in [1.29, 1.82) is 0 Å². The molecule has 1 unspecified atom stereocenters. The van der Waals surface area contributed by atoms with Crippen molar-refractivity contribution in [3.63, 3.8) is 0 Å². The van der Waals surface area contributed by atoms with Crippen molar-refractivity contribution < 1.29 is 19.9 Å². The van der Waals surface area contributed by atoms with Crippen molar-refractivity contribution in [2.24, 2.45) is 0 Å². The second-order valence-corrected chi connectivity index (χ2v) is 5.22. The molecule has 0 aromatic heterocycles. The first-order valence-corrected chi connectivity index (χ1v) is 7.38. The molecule has 0 aliphatic carbocycles. The SMILES string of the molecule is O=C(O)c1ccccc1C(/C=C/c1cccc([N+](=O)[O-])c1)CCO. The van der Waals surface area contributed by atoms with Crippen LogP contribution in [0.4, 0.5) is 5.69 Å². The Hall–Kier alpha value is -2.99. The van der Waals surface area contributed by atoms with Gasteiger partial charge in [0.15, 0.2) is 0 Å². The molecule has 0 aliphatic heterocycles. The second kappa shape index (κ2) is 8.03. The molecule has 0 fully saturated rings. The van der Waals surface area contributed by atoms with Crippen molar-refractivity contribution in [3.8, 4) is 0 Å². The molecular weight excluding hydrogens is 310 g/mol. The van der Waals surface area contributed by atoms with Crippen LogP contribution >= 0.6 is 0 Å². The third-order valence-corrected chi connectivity index (χ3v) is 3.63. The minimum Gasteiger partial charge on any atom is -0.478 e. The summed E-state index contributed by atoms with van der Waals surface area (Å²) in [5.74, 6) is -1.33. The van der Waals surface area contributed by atoms with Crippen LogP contribution in [0.1, 0.15) is 33.8 Å². The Balaban J connectivity index is 2.34. The molecule has 0 saturated carbocycles. The molecule has 0 spiro atoms. The van der Waals surface area contributed by atoms with E-state index < -0.39 is 10.9 Å². The zero-order chi connectivity index (χ0) is 17.5. The minimum absolute atomic E-state index is 0.0122. The number of nitro benzene ring substituents is 1. The van der Waals surface area contributed by atoms with Gasteiger partial charge >= 0.3 is 5.97 Å². The first-order chi connectivity index (χ1) is 11.5. The molecule has 2 aromatic rings. The Morgan fingerprint density at radius 3 is 2.62 bits per heavy atom. The largest absolute Gasteiger partial charge is 0.478 e. The van der Waals surface area contributed by atoms with Gasteiger partial charge in [-0.05, 0) is 23.6 Å². The minimum atomic E-state index is -1.03. The van der Waals surface area contributed by atoms with Gasteiger partial charge in [-0.25, -0.2) is 4.79 Å². The molecule has 124 valence electrons. The fourth-order valence-electron chi connectivity index (χ4n) is 2.48. The summed E-state index contributed by atoms with van der Waals surface area (Å²) in [6.07, 6.45) is 3.82. The number of carboxylic acid groups (broad SMARTS) is 1. The molecule has 0 heterocycles. The normalized spacial score (nSPS) is 12.2. The lowest BCUT2D eigenvalue weighted by atomic mass is 9.91. The fourth-order valence-corrected chi connectivity index (χ4v) is 2.48. The number of carbonyl (C=O) groups is 1. The lowest BCUT2D eigenvalue weighted by molar-refractivity contribution is -0.384. The summed E-state index contributed by atoms with van der Waals surface area (Å²) >= 11 is 0. The highest BCUT2D eigenvalue weighted by molar-refractivity contribution is 5.89. The Morgan fingerprint density at radius 2 is 1.96 bits per heavy atom. The number of hydrogen-bond donors (Lipinski definition) is 2. The number of rotatable bonds is 7. The number of aliphatic hydroxyl groups excluding tert-OH is 1. The maximum Gasteiger partial charge on any atom is 0.335 e. The van der Waals surface area contributed by atoms with Crippen LogP contribution in [-0.2, 0) is 0 Å². The number of carboxylic acids is 1. The number of nitrogens with zero attached hydrogens (tertiary/aromatic N) is 1. The number of allylic oxidation sites excluding steroid dienone is 1. The maximum atomic E-state index is 11.4. The zero-order valence-corrected chi connectivity index (χ0v) is 12.8. The molecule has 24 heavy (non-hydrogen) atoms. The van der Waals surface area contributed by atoms with Crippen LogP contribution in [-0.4, -0.2) is 27.7 Å². The predicted octanol–water partition coefficient (Wildman–Crippen LogP) is 3.47. The summed E-state index contributed by atoms with van der Waals surface area (Å²) in [7, 11) is 0. The van der Waals surface area contributed by atoms with Crippen LogP contribution in [0.2, 0.25) is 0 Å². The molecule has 2 aromatic carbocycles. The van der Waals surface area contributed by atoms with E-state index in [1.807, 2.05) is 0 Å². The highest BCUT2D eigenvalue weighted by Gasteiger charge is 2.16. The van der Waals surface area contributed by atoms with Gasteiger partial charge in [-0.1, -0.05) is 42.5 Å². The second-order valence-electron chi connectivity index (χ2n) is 5.22. The standard InChI is InChI=1S/C18H17NO5/c20-11-10-14(16-6-1-2-7-17(16)18(21)22)9-8-13-4-3-5-15(12-13)19(23)24/h1-9,12,14,20H,10-11H2,(H,21,22)/b9-8+. The number of aliphatic hydroxyl groups is 1. The number of hydrogen-bond acceptors (Lipinski definition) is 4. The molecule has 0 saturated heterocycles. The Morgan fingerprint density at radius 1 is 1.21 bits per heavy atom. The monoisotopic (exact) mass is 327 g/mol. The third kappa shape index (κ3) is 4.27. The average molecular weight is 327 g/mol. The Bertz CT molecular complexity index is 770. The van der Waals surface area contributed by atoms with Crippen molar-refractivity contribution in [3.05, 3.63) is 81.4 Å². The number of aromatic carboxylic acids is 1. The van der Waals surface area contributed by atoms with E-state index in [9.17, 15) is 25.1 Å². The molecular formula is C18H17NO5. The van der Waals surface area contributed by atoms with E-state index in [0.717, 1.165) is 0 Å². The third-order valence-electron chi connectivity index (χ3n) is 3.63. The van der Waals surface area contributed by atoms with Crippen LogP contribution in [0, 0.1) is 10.1 Å². The quantitative estimate of drug-likeness (QED) is 0.599. The molecule has 0 bridgehead atoms. The molecule has 0 amide bonds. The van der Waals surface area contributed by atoms with Crippen LogP contribution in [0.5, 0.6) is 0 Å². The van der Waals surface area contributed by atoms with Gasteiger partial charge in [-0.3, -0.25) is 10.1 Å². The van der Waals surface area contributed by atoms with Crippen molar-refractivity contribution in [2.45, 2.75) is 12.3 Å². The maximum absolute atomic E-state index is 11.4. The zero-order valence-electron chi connectivity index (χ0n) is 12.8. The van der Waals surface area contributed by atoms with Gasteiger partial charge < -0.3 is 10.2 Å². The van der Waals surface area contributed by atoms with Gasteiger partial charge in [0, 0.05) is 24.7 Å².